The van der Waals surface area contributed by atoms with Crippen molar-refractivity contribution in [2.75, 3.05) is 6.61 Å². The molecule has 5 heteroatoms. The Bertz CT molecular complexity index is 922. The number of halogens is 2. The zero-order valence-electron chi connectivity index (χ0n) is 21.9. The number of ether oxygens (including phenoxy) is 2. The lowest BCUT2D eigenvalue weighted by Crippen LogP contribution is -2.28. The second kappa shape index (κ2) is 15.4. The third-order valence-electron chi connectivity index (χ3n) is 7.18. The molecule has 1 atom stereocenters. The van der Waals surface area contributed by atoms with E-state index in [9.17, 15) is 9.18 Å². The first-order valence-electron chi connectivity index (χ1n) is 13.9. The van der Waals surface area contributed by atoms with Gasteiger partial charge in [-0.1, -0.05) is 82.7 Å². The summed E-state index contributed by atoms with van der Waals surface area (Å²) in [7, 11) is 0. The standard InChI is InChI=1S/C31H42BrFO3/c1-3-5-7-8-9-21-35-30-20-17-26(22-28(30)32)25-13-11-23(12-14-25)24-15-18-27(19-16-24)36-31(34)29(33)10-6-4-2/h11-14,17,20,22,24,27,29H,3-10,15-16,18-19,21H2,1-2H3/t24?,27?,29-/m0/s1. The van der Waals surface area contributed by atoms with Crippen LogP contribution in [0.1, 0.15) is 102 Å². The number of esters is 1. The second-order valence-electron chi connectivity index (χ2n) is 10.1. The quantitative estimate of drug-likeness (QED) is 0.170. The lowest BCUT2D eigenvalue weighted by molar-refractivity contribution is -0.157. The van der Waals surface area contributed by atoms with Crippen LogP contribution in [0.5, 0.6) is 5.75 Å². The molecule has 3 rings (SSSR count). The fraction of sp³-hybridized carbons (Fsp3) is 0.581. The van der Waals surface area contributed by atoms with Gasteiger partial charge in [0.1, 0.15) is 11.9 Å². The Hall–Kier alpha value is -1.88. The highest BCUT2D eigenvalue weighted by atomic mass is 79.9. The van der Waals surface area contributed by atoms with Gasteiger partial charge in [-0.15, -0.1) is 0 Å². The largest absolute Gasteiger partial charge is 0.492 e. The van der Waals surface area contributed by atoms with Crippen LogP contribution in [0.2, 0.25) is 0 Å². The Morgan fingerprint density at radius 2 is 1.58 bits per heavy atom. The molecule has 2 aromatic rings. The van der Waals surface area contributed by atoms with Gasteiger partial charge in [0.25, 0.3) is 0 Å². The topological polar surface area (TPSA) is 35.5 Å². The summed E-state index contributed by atoms with van der Waals surface area (Å²) in [4.78, 5) is 12.0. The van der Waals surface area contributed by atoms with Gasteiger partial charge in [0, 0.05) is 0 Å². The van der Waals surface area contributed by atoms with Crippen LogP contribution in [0.3, 0.4) is 0 Å². The Kier molecular flexibility index (Phi) is 12.3. The van der Waals surface area contributed by atoms with Gasteiger partial charge in [0.15, 0.2) is 6.17 Å². The SMILES string of the molecule is CCCCCCCOc1ccc(-c2ccc(C3CCC(OC(=O)[C@@H](F)CCCC)CC3)cc2)cc1Br. The minimum atomic E-state index is -1.48. The molecule has 198 valence electrons. The third-order valence-corrected chi connectivity index (χ3v) is 7.80. The summed E-state index contributed by atoms with van der Waals surface area (Å²) in [6, 6.07) is 15.1. The molecule has 36 heavy (non-hydrogen) atoms. The molecular formula is C31H42BrFO3. The molecule has 0 radical (unpaired) electrons. The minimum Gasteiger partial charge on any atom is -0.492 e. The number of rotatable bonds is 14. The van der Waals surface area contributed by atoms with Crippen molar-refractivity contribution in [1.29, 1.82) is 0 Å². The summed E-state index contributed by atoms with van der Waals surface area (Å²) in [6.45, 7) is 4.98. The summed E-state index contributed by atoms with van der Waals surface area (Å²) in [6.07, 6.45) is 9.90. The molecule has 0 heterocycles. The van der Waals surface area contributed by atoms with Gasteiger partial charge in [-0.05, 0) is 89.2 Å². The lowest BCUT2D eigenvalue weighted by Gasteiger charge is -2.29. The third kappa shape index (κ3) is 8.90. The Labute approximate surface area is 225 Å². The normalized spacial score (nSPS) is 18.6. The van der Waals surface area contributed by atoms with E-state index >= 15 is 0 Å². The highest BCUT2D eigenvalue weighted by Gasteiger charge is 2.27. The van der Waals surface area contributed by atoms with Crippen molar-refractivity contribution in [3.63, 3.8) is 0 Å². The predicted octanol–water partition coefficient (Wildman–Crippen LogP) is 9.56. The average Bonchev–Trinajstić information content (AvgIpc) is 2.90. The molecule has 1 aliphatic rings. The van der Waals surface area contributed by atoms with Crippen LogP contribution >= 0.6 is 15.9 Å². The molecule has 0 bridgehead atoms. The van der Waals surface area contributed by atoms with Gasteiger partial charge in [-0.3, -0.25) is 0 Å². The number of unbranched alkanes of at least 4 members (excludes halogenated alkanes) is 5. The number of hydrogen-bond donors (Lipinski definition) is 0. The van der Waals surface area contributed by atoms with Gasteiger partial charge in [0.05, 0.1) is 11.1 Å². The van der Waals surface area contributed by atoms with Crippen LogP contribution in [0.4, 0.5) is 4.39 Å². The zero-order chi connectivity index (χ0) is 25.8. The van der Waals surface area contributed by atoms with E-state index in [1.807, 2.05) is 13.0 Å². The molecule has 1 fully saturated rings. The van der Waals surface area contributed by atoms with Crippen molar-refractivity contribution in [3.8, 4) is 16.9 Å². The van der Waals surface area contributed by atoms with E-state index < -0.39 is 12.1 Å². The van der Waals surface area contributed by atoms with Crippen molar-refractivity contribution >= 4 is 21.9 Å². The molecule has 0 saturated heterocycles. The van der Waals surface area contributed by atoms with Crippen molar-refractivity contribution in [2.24, 2.45) is 0 Å². The Balaban J connectivity index is 1.47. The number of carbonyl (C=O) groups excluding carboxylic acids is 1. The summed E-state index contributed by atoms with van der Waals surface area (Å²) in [5, 5.41) is 0. The molecule has 1 saturated carbocycles. The molecule has 0 unspecified atom stereocenters. The van der Waals surface area contributed by atoms with Gasteiger partial charge < -0.3 is 9.47 Å². The van der Waals surface area contributed by atoms with E-state index in [0.29, 0.717) is 12.3 Å². The maximum atomic E-state index is 13.9. The average molecular weight is 562 g/mol. The highest BCUT2D eigenvalue weighted by Crippen LogP contribution is 2.36. The Morgan fingerprint density at radius 1 is 0.917 bits per heavy atom. The maximum absolute atomic E-state index is 13.9. The number of benzene rings is 2. The van der Waals surface area contributed by atoms with Crippen LogP contribution in [0, 0.1) is 0 Å². The second-order valence-corrected chi connectivity index (χ2v) is 10.9. The maximum Gasteiger partial charge on any atom is 0.340 e. The molecule has 0 spiro atoms. The van der Waals surface area contributed by atoms with E-state index in [1.165, 1.54) is 36.8 Å². The monoisotopic (exact) mass is 560 g/mol. The molecule has 0 aliphatic heterocycles. The number of carbonyl (C=O) groups is 1. The van der Waals surface area contributed by atoms with E-state index in [0.717, 1.165) is 60.9 Å². The van der Waals surface area contributed by atoms with Crippen molar-refractivity contribution in [2.45, 2.75) is 109 Å². The zero-order valence-corrected chi connectivity index (χ0v) is 23.5. The highest BCUT2D eigenvalue weighted by molar-refractivity contribution is 9.10. The lowest BCUT2D eigenvalue weighted by atomic mass is 9.82. The summed E-state index contributed by atoms with van der Waals surface area (Å²) in [5.41, 5.74) is 3.65. The smallest absolute Gasteiger partial charge is 0.340 e. The first-order valence-corrected chi connectivity index (χ1v) is 14.7. The van der Waals surface area contributed by atoms with Crippen molar-refractivity contribution < 1.29 is 18.7 Å². The van der Waals surface area contributed by atoms with Gasteiger partial charge in [-0.2, -0.15) is 0 Å². The van der Waals surface area contributed by atoms with Crippen LogP contribution in [-0.4, -0.2) is 24.9 Å². The summed E-state index contributed by atoms with van der Waals surface area (Å²) >= 11 is 3.67. The number of hydrogen-bond acceptors (Lipinski definition) is 3. The van der Waals surface area contributed by atoms with Crippen molar-refractivity contribution in [3.05, 3.63) is 52.5 Å². The van der Waals surface area contributed by atoms with Gasteiger partial charge in [0.2, 0.25) is 0 Å². The molecule has 3 nitrogen and oxygen atoms in total. The number of alkyl halides is 1. The molecule has 0 aromatic heterocycles. The predicted molar refractivity (Wildman–Crippen MR) is 149 cm³/mol. The van der Waals surface area contributed by atoms with E-state index in [1.54, 1.807) is 0 Å². The molecular weight excluding hydrogens is 519 g/mol. The van der Waals surface area contributed by atoms with Crippen LogP contribution in [-0.2, 0) is 9.53 Å². The Morgan fingerprint density at radius 3 is 2.25 bits per heavy atom. The van der Waals surface area contributed by atoms with Gasteiger partial charge in [-0.25, -0.2) is 9.18 Å². The fourth-order valence-corrected chi connectivity index (χ4v) is 5.38. The summed E-state index contributed by atoms with van der Waals surface area (Å²) in [5.74, 6) is 0.675. The molecule has 0 amide bonds. The fourth-order valence-electron chi connectivity index (χ4n) is 4.89. The van der Waals surface area contributed by atoms with Crippen molar-refractivity contribution in [1.82, 2.24) is 0 Å². The first-order chi connectivity index (χ1) is 17.5. The van der Waals surface area contributed by atoms with E-state index in [-0.39, 0.29) is 12.5 Å². The van der Waals surface area contributed by atoms with E-state index in [2.05, 4.69) is 59.3 Å². The summed E-state index contributed by atoms with van der Waals surface area (Å²) < 4.78 is 26.3. The molecule has 0 N–H and O–H groups in total. The van der Waals surface area contributed by atoms with Crippen LogP contribution in [0.15, 0.2) is 46.9 Å². The molecule has 1 aliphatic carbocycles. The molecule has 2 aromatic carbocycles. The van der Waals surface area contributed by atoms with Gasteiger partial charge >= 0.3 is 5.97 Å². The minimum absolute atomic E-state index is 0.151. The van der Waals surface area contributed by atoms with Crippen LogP contribution in [0.25, 0.3) is 11.1 Å². The van der Waals surface area contributed by atoms with Crippen LogP contribution < -0.4 is 4.74 Å². The first kappa shape index (κ1) is 28.7. The van der Waals surface area contributed by atoms with E-state index in [4.69, 9.17) is 9.47 Å².